The molecule has 0 aliphatic carbocycles. The molecule has 6 nitrogen and oxygen atoms in total. The molecular formula is C12H14N4O2. The predicted molar refractivity (Wildman–Crippen MR) is 66.5 cm³/mol. The zero-order valence-corrected chi connectivity index (χ0v) is 10.2. The molecule has 0 fully saturated rings. The van der Waals surface area contributed by atoms with Crippen molar-refractivity contribution >= 4 is 11.7 Å². The van der Waals surface area contributed by atoms with Gasteiger partial charge in [0, 0.05) is 0 Å². The lowest BCUT2D eigenvalue weighted by molar-refractivity contribution is -0.141. The molecule has 94 valence electrons. The van der Waals surface area contributed by atoms with Gasteiger partial charge in [-0.05, 0) is 19.1 Å². The molecule has 1 N–H and O–H groups in total. The molecule has 2 rings (SSSR count). The van der Waals surface area contributed by atoms with E-state index in [1.807, 2.05) is 24.3 Å². The first kappa shape index (κ1) is 12.1. The molecule has 0 aliphatic heterocycles. The lowest BCUT2D eigenvalue weighted by Crippen LogP contribution is -2.27. The number of aromatic nitrogens is 3. The number of carbonyl (C=O) groups is 1. The maximum absolute atomic E-state index is 11.4. The Balaban J connectivity index is 2.26. The van der Waals surface area contributed by atoms with Crippen LogP contribution in [0.2, 0.25) is 0 Å². The fraction of sp³-hybridized carbons (Fsp3) is 0.250. The zero-order valence-electron chi connectivity index (χ0n) is 10.2. The molecule has 1 heterocycles. The number of hydrogen-bond acceptors (Lipinski definition) is 5. The van der Waals surface area contributed by atoms with Crippen LogP contribution < -0.4 is 5.32 Å². The van der Waals surface area contributed by atoms with Crippen molar-refractivity contribution < 1.29 is 9.53 Å². The van der Waals surface area contributed by atoms with Crippen molar-refractivity contribution in [1.29, 1.82) is 0 Å². The van der Waals surface area contributed by atoms with E-state index in [0.29, 0.717) is 0 Å². The summed E-state index contributed by atoms with van der Waals surface area (Å²) in [6, 6.07) is 7.11. The van der Waals surface area contributed by atoms with E-state index in [1.54, 1.807) is 17.9 Å². The Hall–Kier alpha value is -2.37. The second kappa shape index (κ2) is 5.31. The molecule has 1 aromatic carbocycles. The van der Waals surface area contributed by atoms with E-state index in [0.717, 1.165) is 11.4 Å². The quantitative estimate of drug-likeness (QED) is 0.822. The van der Waals surface area contributed by atoms with E-state index in [1.165, 1.54) is 13.4 Å². The van der Waals surface area contributed by atoms with E-state index in [9.17, 15) is 4.79 Å². The number of para-hydroxylation sites is 2. The topological polar surface area (TPSA) is 69.0 Å². The van der Waals surface area contributed by atoms with Gasteiger partial charge in [0.15, 0.2) is 0 Å². The molecule has 0 amide bonds. The van der Waals surface area contributed by atoms with Gasteiger partial charge in [-0.15, -0.1) is 0 Å². The first-order valence-electron chi connectivity index (χ1n) is 5.50. The first-order valence-corrected chi connectivity index (χ1v) is 5.50. The van der Waals surface area contributed by atoms with Crippen LogP contribution in [0, 0.1) is 0 Å². The van der Waals surface area contributed by atoms with Gasteiger partial charge in [-0.2, -0.15) is 5.10 Å². The van der Waals surface area contributed by atoms with E-state index >= 15 is 0 Å². The van der Waals surface area contributed by atoms with Crippen molar-refractivity contribution in [3.8, 4) is 5.69 Å². The SMILES string of the molecule is COC(=O)C(C)Nc1ccccc1-n1cncn1. The normalized spacial score (nSPS) is 11.9. The molecule has 0 bridgehead atoms. The highest BCUT2D eigenvalue weighted by molar-refractivity contribution is 5.79. The third-order valence-electron chi connectivity index (χ3n) is 2.50. The highest BCUT2D eigenvalue weighted by Crippen LogP contribution is 2.19. The van der Waals surface area contributed by atoms with E-state index < -0.39 is 6.04 Å². The average Bonchev–Trinajstić information content (AvgIpc) is 2.92. The van der Waals surface area contributed by atoms with Crippen molar-refractivity contribution in [3.05, 3.63) is 36.9 Å². The van der Waals surface area contributed by atoms with E-state index in [2.05, 4.69) is 20.1 Å². The molecule has 6 heteroatoms. The number of benzene rings is 1. The van der Waals surface area contributed by atoms with Crippen LogP contribution in [0.1, 0.15) is 6.92 Å². The molecule has 1 atom stereocenters. The van der Waals surface area contributed by atoms with Gasteiger partial charge in [0.05, 0.1) is 18.5 Å². The molecule has 2 aromatic rings. The van der Waals surface area contributed by atoms with Gasteiger partial charge in [0.2, 0.25) is 0 Å². The van der Waals surface area contributed by atoms with Gasteiger partial charge in [0.1, 0.15) is 18.7 Å². The van der Waals surface area contributed by atoms with Gasteiger partial charge < -0.3 is 10.1 Å². The lowest BCUT2D eigenvalue weighted by atomic mass is 10.2. The average molecular weight is 246 g/mol. The fourth-order valence-corrected chi connectivity index (χ4v) is 1.60. The van der Waals surface area contributed by atoms with Crippen molar-refractivity contribution in [2.45, 2.75) is 13.0 Å². The summed E-state index contributed by atoms with van der Waals surface area (Å²) in [5.74, 6) is -0.316. The predicted octanol–water partition coefficient (Wildman–Crippen LogP) is 1.24. The number of hydrogen-bond donors (Lipinski definition) is 1. The van der Waals surface area contributed by atoms with Crippen LogP contribution in [0.5, 0.6) is 0 Å². The first-order chi connectivity index (χ1) is 8.72. The summed E-state index contributed by atoms with van der Waals surface area (Å²) in [5.41, 5.74) is 1.62. The summed E-state index contributed by atoms with van der Waals surface area (Å²) in [6.45, 7) is 1.74. The number of methoxy groups -OCH3 is 1. The van der Waals surface area contributed by atoms with Gasteiger partial charge in [0.25, 0.3) is 0 Å². The molecular weight excluding hydrogens is 232 g/mol. The standard InChI is InChI=1S/C12H14N4O2/c1-9(12(17)18-2)15-10-5-3-4-6-11(10)16-8-13-7-14-16/h3-9,15H,1-2H3. The molecule has 0 saturated heterocycles. The Labute approximate surface area is 105 Å². The number of anilines is 1. The zero-order chi connectivity index (χ0) is 13.0. The molecule has 0 radical (unpaired) electrons. The fourth-order valence-electron chi connectivity index (χ4n) is 1.60. The summed E-state index contributed by atoms with van der Waals surface area (Å²) in [5, 5.41) is 7.16. The number of esters is 1. The number of nitrogens with one attached hydrogen (secondary N) is 1. The van der Waals surface area contributed by atoms with Crippen molar-refractivity contribution in [3.63, 3.8) is 0 Å². The highest BCUT2D eigenvalue weighted by atomic mass is 16.5. The summed E-state index contributed by atoms with van der Waals surface area (Å²) >= 11 is 0. The minimum atomic E-state index is -0.431. The van der Waals surface area contributed by atoms with Crippen molar-refractivity contribution in [2.75, 3.05) is 12.4 Å². The largest absolute Gasteiger partial charge is 0.467 e. The van der Waals surface area contributed by atoms with Crippen LogP contribution in [0.3, 0.4) is 0 Å². The summed E-state index contributed by atoms with van der Waals surface area (Å²) in [7, 11) is 1.36. The monoisotopic (exact) mass is 246 g/mol. The number of rotatable bonds is 4. The number of ether oxygens (including phenoxy) is 1. The Morgan fingerprint density at radius 3 is 2.89 bits per heavy atom. The van der Waals surface area contributed by atoms with Crippen LogP contribution in [-0.4, -0.2) is 33.9 Å². The molecule has 0 saturated carbocycles. The summed E-state index contributed by atoms with van der Waals surface area (Å²) < 4.78 is 6.31. The highest BCUT2D eigenvalue weighted by Gasteiger charge is 2.14. The van der Waals surface area contributed by atoms with Crippen LogP contribution in [0.15, 0.2) is 36.9 Å². The van der Waals surface area contributed by atoms with Gasteiger partial charge in [-0.25, -0.2) is 14.5 Å². The van der Waals surface area contributed by atoms with Crippen molar-refractivity contribution in [2.24, 2.45) is 0 Å². The lowest BCUT2D eigenvalue weighted by Gasteiger charge is -2.15. The minimum Gasteiger partial charge on any atom is -0.467 e. The maximum atomic E-state index is 11.4. The summed E-state index contributed by atoms with van der Waals surface area (Å²) in [4.78, 5) is 15.3. The maximum Gasteiger partial charge on any atom is 0.327 e. The number of carbonyl (C=O) groups excluding carboxylic acids is 1. The van der Waals surface area contributed by atoms with E-state index in [-0.39, 0.29) is 5.97 Å². The summed E-state index contributed by atoms with van der Waals surface area (Å²) in [6.07, 6.45) is 3.06. The van der Waals surface area contributed by atoms with Crippen LogP contribution in [0.25, 0.3) is 5.69 Å². The van der Waals surface area contributed by atoms with Crippen LogP contribution in [-0.2, 0) is 9.53 Å². The minimum absolute atomic E-state index is 0.316. The van der Waals surface area contributed by atoms with Crippen molar-refractivity contribution in [1.82, 2.24) is 14.8 Å². The Morgan fingerprint density at radius 2 is 2.22 bits per heavy atom. The molecule has 0 spiro atoms. The third kappa shape index (κ3) is 2.48. The second-order valence-corrected chi connectivity index (χ2v) is 3.75. The molecule has 1 aromatic heterocycles. The smallest absolute Gasteiger partial charge is 0.327 e. The Bertz CT molecular complexity index is 525. The molecule has 0 aliphatic rings. The Kier molecular flexibility index (Phi) is 3.57. The van der Waals surface area contributed by atoms with E-state index in [4.69, 9.17) is 0 Å². The van der Waals surface area contributed by atoms with Gasteiger partial charge in [-0.3, -0.25) is 0 Å². The van der Waals surface area contributed by atoms with Crippen LogP contribution >= 0.6 is 0 Å². The van der Waals surface area contributed by atoms with Gasteiger partial charge in [-0.1, -0.05) is 12.1 Å². The Morgan fingerprint density at radius 1 is 1.44 bits per heavy atom. The molecule has 1 unspecified atom stereocenters. The third-order valence-corrected chi connectivity index (χ3v) is 2.50. The second-order valence-electron chi connectivity index (χ2n) is 3.75. The van der Waals surface area contributed by atoms with Crippen LogP contribution in [0.4, 0.5) is 5.69 Å². The number of nitrogens with zero attached hydrogens (tertiary/aromatic N) is 3. The molecule has 18 heavy (non-hydrogen) atoms. The van der Waals surface area contributed by atoms with Gasteiger partial charge >= 0.3 is 5.97 Å².